The number of nitrogens with one attached hydrogen (secondary N) is 1. The predicted molar refractivity (Wildman–Crippen MR) is 118 cm³/mol. The Morgan fingerprint density at radius 1 is 1.00 bits per heavy atom. The molecular formula is C22H20INO4. The van der Waals surface area contributed by atoms with Crippen LogP contribution in [-0.4, -0.2) is 19.6 Å². The van der Waals surface area contributed by atoms with E-state index in [9.17, 15) is 4.79 Å². The van der Waals surface area contributed by atoms with E-state index < -0.39 is 0 Å². The van der Waals surface area contributed by atoms with Gasteiger partial charge < -0.3 is 19.5 Å². The first-order valence-corrected chi connectivity index (χ1v) is 9.84. The minimum absolute atomic E-state index is 0.259. The molecule has 28 heavy (non-hydrogen) atoms. The molecule has 0 aromatic heterocycles. The lowest BCUT2D eigenvalue weighted by Crippen LogP contribution is -2.13. The summed E-state index contributed by atoms with van der Waals surface area (Å²) >= 11 is 2.13. The highest BCUT2D eigenvalue weighted by Gasteiger charge is 2.16. The Labute approximate surface area is 177 Å². The van der Waals surface area contributed by atoms with Crippen molar-refractivity contribution in [1.82, 2.24) is 0 Å². The largest absolute Gasteiger partial charge is 0.492 e. The molecule has 0 fully saturated rings. The van der Waals surface area contributed by atoms with Crippen LogP contribution < -0.4 is 19.5 Å². The van der Waals surface area contributed by atoms with Gasteiger partial charge >= 0.3 is 0 Å². The lowest BCUT2D eigenvalue weighted by atomic mass is 10.1. The van der Waals surface area contributed by atoms with Crippen molar-refractivity contribution in [2.75, 3.05) is 19.0 Å². The van der Waals surface area contributed by atoms with Crippen LogP contribution in [0.15, 0.2) is 66.7 Å². The zero-order valence-corrected chi connectivity index (χ0v) is 17.7. The van der Waals surface area contributed by atoms with Crippen molar-refractivity contribution in [2.24, 2.45) is 0 Å². The molecule has 3 aromatic carbocycles. The molecule has 1 amide bonds. The SMILES string of the molecule is CCOc1cc(C(=O)Nc2ccccc2Oc2ccccc2)cc(I)c1OC. The van der Waals surface area contributed by atoms with Crippen molar-refractivity contribution >= 4 is 34.2 Å². The third-order valence-electron chi connectivity index (χ3n) is 3.88. The highest BCUT2D eigenvalue weighted by molar-refractivity contribution is 14.1. The molecule has 3 rings (SSSR count). The topological polar surface area (TPSA) is 56.8 Å². The van der Waals surface area contributed by atoms with E-state index >= 15 is 0 Å². The minimum atomic E-state index is -0.259. The number of para-hydroxylation sites is 3. The fraction of sp³-hybridized carbons (Fsp3) is 0.136. The normalized spacial score (nSPS) is 10.2. The highest BCUT2D eigenvalue weighted by Crippen LogP contribution is 2.35. The number of methoxy groups -OCH3 is 1. The molecule has 6 heteroatoms. The zero-order valence-electron chi connectivity index (χ0n) is 15.6. The van der Waals surface area contributed by atoms with E-state index in [0.29, 0.717) is 40.9 Å². The first-order valence-electron chi connectivity index (χ1n) is 8.76. The lowest BCUT2D eigenvalue weighted by Gasteiger charge is -2.15. The van der Waals surface area contributed by atoms with Gasteiger partial charge in [-0.3, -0.25) is 4.79 Å². The van der Waals surface area contributed by atoms with E-state index in [2.05, 4.69) is 27.9 Å². The zero-order chi connectivity index (χ0) is 19.9. The van der Waals surface area contributed by atoms with E-state index in [1.54, 1.807) is 25.3 Å². The molecule has 0 spiro atoms. The van der Waals surface area contributed by atoms with Crippen LogP contribution in [0.25, 0.3) is 0 Å². The highest BCUT2D eigenvalue weighted by atomic mass is 127. The number of anilines is 1. The number of ether oxygens (including phenoxy) is 3. The summed E-state index contributed by atoms with van der Waals surface area (Å²) < 4.78 is 17.7. The quantitative estimate of drug-likeness (QED) is 0.430. The first-order chi connectivity index (χ1) is 13.6. The van der Waals surface area contributed by atoms with Gasteiger partial charge in [-0.05, 0) is 65.9 Å². The van der Waals surface area contributed by atoms with Gasteiger partial charge in [0.25, 0.3) is 5.91 Å². The van der Waals surface area contributed by atoms with E-state index in [0.717, 1.165) is 3.57 Å². The van der Waals surface area contributed by atoms with Crippen LogP contribution in [0.1, 0.15) is 17.3 Å². The fourth-order valence-electron chi connectivity index (χ4n) is 2.63. The maximum Gasteiger partial charge on any atom is 0.255 e. The van der Waals surface area contributed by atoms with Gasteiger partial charge in [-0.1, -0.05) is 30.3 Å². The van der Waals surface area contributed by atoms with Crippen molar-refractivity contribution in [3.8, 4) is 23.0 Å². The molecule has 0 aliphatic rings. The van der Waals surface area contributed by atoms with Crippen molar-refractivity contribution in [3.05, 3.63) is 75.9 Å². The standard InChI is InChI=1S/C22H20INO4/c1-3-27-20-14-15(13-17(23)21(20)26-2)22(25)24-18-11-7-8-12-19(18)28-16-9-5-4-6-10-16/h4-14H,3H2,1-2H3,(H,24,25). The molecule has 0 radical (unpaired) electrons. The number of halogens is 1. The smallest absolute Gasteiger partial charge is 0.255 e. The fourth-order valence-corrected chi connectivity index (χ4v) is 3.45. The summed E-state index contributed by atoms with van der Waals surface area (Å²) in [5.41, 5.74) is 1.06. The summed E-state index contributed by atoms with van der Waals surface area (Å²) in [6.45, 7) is 2.36. The second-order valence-corrected chi connectivity index (χ2v) is 6.95. The first kappa shape index (κ1) is 20.0. The number of benzene rings is 3. The molecule has 3 aromatic rings. The van der Waals surface area contributed by atoms with E-state index in [1.807, 2.05) is 55.5 Å². The molecule has 0 saturated heterocycles. The monoisotopic (exact) mass is 489 g/mol. The second kappa shape index (κ2) is 9.45. The van der Waals surface area contributed by atoms with Gasteiger partial charge in [0.15, 0.2) is 17.2 Å². The number of rotatable bonds is 7. The Morgan fingerprint density at radius 2 is 1.71 bits per heavy atom. The second-order valence-electron chi connectivity index (χ2n) is 5.79. The molecule has 5 nitrogen and oxygen atoms in total. The average Bonchev–Trinajstić information content (AvgIpc) is 2.70. The van der Waals surface area contributed by atoms with Crippen LogP contribution in [0, 0.1) is 3.57 Å². The molecule has 0 aliphatic heterocycles. The molecule has 0 atom stereocenters. The number of hydrogen-bond donors (Lipinski definition) is 1. The Kier molecular flexibility index (Phi) is 6.76. The maximum atomic E-state index is 12.9. The molecule has 0 heterocycles. The lowest BCUT2D eigenvalue weighted by molar-refractivity contribution is 0.102. The minimum Gasteiger partial charge on any atom is -0.492 e. The van der Waals surface area contributed by atoms with Gasteiger partial charge in [0, 0.05) is 5.56 Å². The van der Waals surface area contributed by atoms with Gasteiger partial charge in [0.05, 0.1) is 23.0 Å². The van der Waals surface area contributed by atoms with Crippen LogP contribution in [0.3, 0.4) is 0 Å². The third kappa shape index (κ3) is 4.75. The predicted octanol–water partition coefficient (Wildman–Crippen LogP) is 5.74. The van der Waals surface area contributed by atoms with E-state index in [4.69, 9.17) is 14.2 Å². The van der Waals surface area contributed by atoms with Gasteiger partial charge in [0.2, 0.25) is 0 Å². The number of carbonyl (C=O) groups excluding carboxylic acids is 1. The number of carbonyl (C=O) groups is 1. The molecule has 1 N–H and O–H groups in total. The van der Waals surface area contributed by atoms with Gasteiger partial charge in [-0.25, -0.2) is 0 Å². The molecule has 0 bridgehead atoms. The van der Waals surface area contributed by atoms with Crippen LogP contribution in [0.2, 0.25) is 0 Å². The van der Waals surface area contributed by atoms with Gasteiger partial charge in [-0.2, -0.15) is 0 Å². The summed E-state index contributed by atoms with van der Waals surface area (Å²) in [5.74, 6) is 2.16. The maximum absolute atomic E-state index is 12.9. The van der Waals surface area contributed by atoms with Crippen LogP contribution >= 0.6 is 22.6 Å². The van der Waals surface area contributed by atoms with Gasteiger partial charge in [-0.15, -0.1) is 0 Å². The van der Waals surface area contributed by atoms with E-state index in [-0.39, 0.29) is 5.91 Å². The Balaban J connectivity index is 1.86. The molecule has 0 unspecified atom stereocenters. The average molecular weight is 489 g/mol. The Hall–Kier alpha value is -2.74. The van der Waals surface area contributed by atoms with Crippen LogP contribution in [-0.2, 0) is 0 Å². The van der Waals surface area contributed by atoms with Crippen LogP contribution in [0.4, 0.5) is 5.69 Å². The summed E-state index contributed by atoms with van der Waals surface area (Å²) in [6.07, 6.45) is 0. The number of hydrogen-bond acceptors (Lipinski definition) is 4. The number of amides is 1. The van der Waals surface area contributed by atoms with Crippen molar-refractivity contribution in [3.63, 3.8) is 0 Å². The Morgan fingerprint density at radius 3 is 2.43 bits per heavy atom. The van der Waals surface area contributed by atoms with E-state index in [1.165, 1.54) is 0 Å². The summed E-state index contributed by atoms with van der Waals surface area (Å²) in [6, 6.07) is 20.2. The molecule has 144 valence electrons. The van der Waals surface area contributed by atoms with Crippen molar-refractivity contribution in [1.29, 1.82) is 0 Å². The van der Waals surface area contributed by atoms with Crippen molar-refractivity contribution in [2.45, 2.75) is 6.92 Å². The Bertz CT molecular complexity index is 960. The summed E-state index contributed by atoms with van der Waals surface area (Å²) in [5, 5.41) is 2.92. The van der Waals surface area contributed by atoms with Crippen LogP contribution in [0.5, 0.6) is 23.0 Å². The molecule has 0 saturated carbocycles. The summed E-state index contributed by atoms with van der Waals surface area (Å²) in [7, 11) is 1.58. The summed E-state index contributed by atoms with van der Waals surface area (Å²) in [4.78, 5) is 12.9. The molecule has 0 aliphatic carbocycles. The van der Waals surface area contributed by atoms with Crippen molar-refractivity contribution < 1.29 is 19.0 Å². The van der Waals surface area contributed by atoms with Gasteiger partial charge in [0.1, 0.15) is 5.75 Å². The third-order valence-corrected chi connectivity index (χ3v) is 4.68. The molecular weight excluding hydrogens is 469 g/mol.